The first-order valence-corrected chi connectivity index (χ1v) is 6.74. The van der Waals surface area contributed by atoms with Gasteiger partial charge in [-0.05, 0) is 19.1 Å². The summed E-state index contributed by atoms with van der Waals surface area (Å²) in [5.41, 5.74) is 3.65. The van der Waals surface area contributed by atoms with Crippen molar-refractivity contribution >= 4 is 5.91 Å². The number of rotatable bonds is 2. The van der Waals surface area contributed by atoms with Crippen LogP contribution in [0.2, 0.25) is 0 Å². The van der Waals surface area contributed by atoms with Gasteiger partial charge in [-0.3, -0.25) is 4.79 Å². The van der Waals surface area contributed by atoms with E-state index in [-0.39, 0.29) is 25.7 Å². The number of nitrogens with two attached hydrogens (primary N) is 1. The summed E-state index contributed by atoms with van der Waals surface area (Å²) in [6, 6.07) is 2.32. The summed E-state index contributed by atoms with van der Waals surface area (Å²) in [6.07, 6.45) is -5.27. The normalized spacial score (nSPS) is 20.8. The molecule has 4 nitrogen and oxygen atoms in total. The number of halogens is 4. The number of carbonyl (C=O) groups is 1. The van der Waals surface area contributed by atoms with Crippen molar-refractivity contribution in [2.75, 3.05) is 19.7 Å². The smallest absolute Gasteiger partial charge is 0.373 e. The summed E-state index contributed by atoms with van der Waals surface area (Å²) in [6.45, 7) is 2.20. The number of hydrogen-bond acceptors (Lipinski definition) is 3. The summed E-state index contributed by atoms with van der Waals surface area (Å²) in [7, 11) is 0. The van der Waals surface area contributed by atoms with Gasteiger partial charge in [0.2, 0.25) is 0 Å². The Morgan fingerprint density at radius 1 is 1.45 bits per heavy atom. The standard InChI is InChI=1S/C14H16F4N2O2/c1-8(19)11-7-20(5-6-22-11)13(21)9-3-2-4-10(12(9)15)14(16,17)18/h2-4,8,11H,5-7,19H2,1H3/t8-,11-/m0/s1. The Kier molecular flexibility index (Phi) is 4.72. The summed E-state index contributed by atoms with van der Waals surface area (Å²) in [5, 5.41) is 0. The topological polar surface area (TPSA) is 55.6 Å². The van der Waals surface area contributed by atoms with Crippen molar-refractivity contribution < 1.29 is 27.1 Å². The Bertz CT molecular complexity index is 560. The zero-order valence-corrected chi connectivity index (χ0v) is 11.9. The van der Waals surface area contributed by atoms with Crippen LogP contribution in [0.5, 0.6) is 0 Å². The SMILES string of the molecule is C[C@H](N)[C@@H]1CN(C(=O)c2cccc(C(F)(F)F)c2F)CCO1. The highest BCUT2D eigenvalue weighted by atomic mass is 19.4. The molecule has 1 heterocycles. The number of nitrogens with zero attached hydrogens (tertiary/aromatic N) is 1. The van der Waals surface area contributed by atoms with Gasteiger partial charge in [0.25, 0.3) is 5.91 Å². The summed E-state index contributed by atoms with van der Waals surface area (Å²) >= 11 is 0. The zero-order valence-electron chi connectivity index (χ0n) is 11.9. The van der Waals surface area contributed by atoms with Crippen LogP contribution in [0.25, 0.3) is 0 Å². The van der Waals surface area contributed by atoms with E-state index in [1.807, 2.05) is 0 Å². The van der Waals surface area contributed by atoms with Gasteiger partial charge in [-0.15, -0.1) is 0 Å². The minimum atomic E-state index is -4.85. The average Bonchev–Trinajstić information content (AvgIpc) is 2.45. The number of hydrogen-bond donors (Lipinski definition) is 1. The molecule has 1 aliphatic rings. The molecule has 1 aliphatic heterocycles. The van der Waals surface area contributed by atoms with Crippen LogP contribution >= 0.6 is 0 Å². The van der Waals surface area contributed by atoms with Crippen molar-refractivity contribution in [3.05, 3.63) is 35.1 Å². The molecular formula is C14H16F4N2O2. The molecule has 2 atom stereocenters. The van der Waals surface area contributed by atoms with E-state index in [2.05, 4.69) is 0 Å². The largest absolute Gasteiger partial charge is 0.419 e. The Hall–Kier alpha value is -1.67. The maximum atomic E-state index is 14.0. The molecule has 0 spiro atoms. The zero-order chi connectivity index (χ0) is 16.5. The van der Waals surface area contributed by atoms with Crippen molar-refractivity contribution in [1.82, 2.24) is 4.90 Å². The molecule has 122 valence electrons. The molecule has 1 amide bonds. The fourth-order valence-corrected chi connectivity index (χ4v) is 2.26. The molecule has 0 bridgehead atoms. The van der Waals surface area contributed by atoms with E-state index in [4.69, 9.17) is 10.5 Å². The molecule has 0 unspecified atom stereocenters. The van der Waals surface area contributed by atoms with Crippen molar-refractivity contribution in [2.24, 2.45) is 5.73 Å². The minimum Gasteiger partial charge on any atom is -0.373 e. The molecule has 2 N–H and O–H groups in total. The maximum absolute atomic E-state index is 14.0. The first-order chi connectivity index (χ1) is 10.2. The van der Waals surface area contributed by atoms with Crippen LogP contribution in [0, 0.1) is 5.82 Å². The molecule has 0 aliphatic carbocycles. The fraction of sp³-hybridized carbons (Fsp3) is 0.500. The minimum absolute atomic E-state index is 0.117. The number of amides is 1. The van der Waals surface area contributed by atoms with Gasteiger partial charge < -0.3 is 15.4 Å². The molecule has 0 aromatic heterocycles. The third-order valence-electron chi connectivity index (χ3n) is 3.50. The molecule has 8 heteroatoms. The first-order valence-electron chi connectivity index (χ1n) is 6.74. The van der Waals surface area contributed by atoms with E-state index in [0.29, 0.717) is 6.07 Å². The molecule has 1 aromatic carbocycles. The fourth-order valence-electron chi connectivity index (χ4n) is 2.26. The van der Waals surface area contributed by atoms with E-state index >= 15 is 0 Å². The first kappa shape index (κ1) is 16.7. The van der Waals surface area contributed by atoms with E-state index in [1.165, 1.54) is 4.90 Å². The number of alkyl halides is 3. The molecular weight excluding hydrogens is 304 g/mol. The number of benzene rings is 1. The van der Waals surface area contributed by atoms with Crippen LogP contribution in [-0.2, 0) is 10.9 Å². The van der Waals surface area contributed by atoms with Crippen LogP contribution < -0.4 is 5.73 Å². The predicted octanol–water partition coefficient (Wildman–Crippen LogP) is 2.03. The average molecular weight is 320 g/mol. The molecule has 0 radical (unpaired) electrons. The van der Waals surface area contributed by atoms with Gasteiger partial charge >= 0.3 is 6.18 Å². The van der Waals surface area contributed by atoms with Crippen LogP contribution in [0.15, 0.2) is 18.2 Å². The summed E-state index contributed by atoms with van der Waals surface area (Å²) in [4.78, 5) is 13.6. The van der Waals surface area contributed by atoms with Gasteiger partial charge in [0.1, 0.15) is 5.82 Å². The maximum Gasteiger partial charge on any atom is 0.419 e. The second-order valence-electron chi connectivity index (χ2n) is 5.18. The third-order valence-corrected chi connectivity index (χ3v) is 3.50. The second-order valence-corrected chi connectivity index (χ2v) is 5.18. The van der Waals surface area contributed by atoms with Crippen LogP contribution in [0.4, 0.5) is 17.6 Å². The van der Waals surface area contributed by atoms with Gasteiger partial charge in [0.15, 0.2) is 0 Å². The Balaban J connectivity index is 2.26. The van der Waals surface area contributed by atoms with Crippen molar-refractivity contribution in [3.8, 4) is 0 Å². The monoisotopic (exact) mass is 320 g/mol. The number of ether oxygens (including phenoxy) is 1. The van der Waals surface area contributed by atoms with Crippen LogP contribution in [0.1, 0.15) is 22.8 Å². The number of carbonyl (C=O) groups excluding carboxylic acids is 1. The van der Waals surface area contributed by atoms with Crippen LogP contribution in [0.3, 0.4) is 0 Å². The highest BCUT2D eigenvalue weighted by Crippen LogP contribution is 2.32. The van der Waals surface area contributed by atoms with Gasteiger partial charge in [0, 0.05) is 19.1 Å². The van der Waals surface area contributed by atoms with E-state index in [9.17, 15) is 22.4 Å². The molecule has 1 fully saturated rings. The summed E-state index contributed by atoms with van der Waals surface area (Å²) in [5.74, 6) is -2.35. The highest BCUT2D eigenvalue weighted by Gasteiger charge is 2.37. The predicted molar refractivity (Wildman–Crippen MR) is 70.7 cm³/mol. The van der Waals surface area contributed by atoms with Crippen molar-refractivity contribution in [1.29, 1.82) is 0 Å². The Morgan fingerprint density at radius 3 is 2.73 bits per heavy atom. The van der Waals surface area contributed by atoms with E-state index in [0.717, 1.165) is 12.1 Å². The van der Waals surface area contributed by atoms with Gasteiger partial charge in [-0.25, -0.2) is 4.39 Å². The highest BCUT2D eigenvalue weighted by molar-refractivity contribution is 5.94. The van der Waals surface area contributed by atoms with Gasteiger partial charge in [0.05, 0.1) is 23.8 Å². The lowest BCUT2D eigenvalue weighted by molar-refractivity contribution is -0.140. The van der Waals surface area contributed by atoms with Crippen LogP contribution in [-0.4, -0.2) is 42.6 Å². The summed E-state index contributed by atoms with van der Waals surface area (Å²) < 4.78 is 57.5. The Labute approximate surface area is 124 Å². The number of morpholine rings is 1. The molecule has 0 saturated carbocycles. The van der Waals surface area contributed by atoms with Gasteiger partial charge in [-0.1, -0.05) is 6.07 Å². The molecule has 22 heavy (non-hydrogen) atoms. The van der Waals surface area contributed by atoms with E-state index in [1.54, 1.807) is 6.92 Å². The lowest BCUT2D eigenvalue weighted by atomic mass is 10.1. The van der Waals surface area contributed by atoms with E-state index < -0.39 is 35.1 Å². The molecule has 1 aromatic rings. The lowest BCUT2D eigenvalue weighted by Crippen LogP contribution is -2.51. The van der Waals surface area contributed by atoms with Crippen molar-refractivity contribution in [2.45, 2.75) is 25.2 Å². The molecule has 1 saturated heterocycles. The quantitative estimate of drug-likeness (QED) is 0.849. The molecule has 2 rings (SSSR count). The second kappa shape index (κ2) is 6.21. The lowest BCUT2D eigenvalue weighted by Gasteiger charge is -2.34. The Morgan fingerprint density at radius 2 is 2.14 bits per heavy atom. The van der Waals surface area contributed by atoms with Gasteiger partial charge in [-0.2, -0.15) is 13.2 Å². The third kappa shape index (κ3) is 3.38. The van der Waals surface area contributed by atoms with Crippen molar-refractivity contribution in [3.63, 3.8) is 0 Å².